The Labute approximate surface area is 204 Å². The second-order valence-corrected chi connectivity index (χ2v) is 8.45. The molecule has 1 amide bonds. The maximum atomic E-state index is 13.4. The predicted octanol–water partition coefficient (Wildman–Crippen LogP) is 4.06. The molecule has 0 atom stereocenters. The van der Waals surface area contributed by atoms with E-state index in [1.54, 1.807) is 41.6 Å². The molecule has 10 heteroatoms. The Balaban J connectivity index is 1.31. The van der Waals surface area contributed by atoms with Crippen molar-refractivity contribution in [3.8, 4) is 22.9 Å². The fourth-order valence-corrected chi connectivity index (χ4v) is 4.30. The first-order chi connectivity index (χ1) is 17.2. The molecule has 0 saturated heterocycles. The Bertz CT molecular complexity index is 1420. The number of halogens is 1. The largest absolute Gasteiger partial charge is 0.351 e. The zero-order chi connectivity index (χ0) is 24.0. The molecular formula is C25H20FN7OS. The van der Waals surface area contributed by atoms with E-state index in [4.69, 9.17) is 0 Å². The van der Waals surface area contributed by atoms with E-state index in [9.17, 15) is 9.18 Å². The van der Waals surface area contributed by atoms with Crippen LogP contribution in [0.15, 0.2) is 96.8 Å². The molecule has 0 aliphatic carbocycles. The van der Waals surface area contributed by atoms with Crippen molar-refractivity contribution >= 4 is 17.7 Å². The van der Waals surface area contributed by atoms with Gasteiger partial charge in [-0.3, -0.25) is 13.9 Å². The van der Waals surface area contributed by atoms with Crippen LogP contribution in [-0.4, -0.2) is 41.0 Å². The third-order valence-corrected chi connectivity index (χ3v) is 6.10. The zero-order valence-corrected chi connectivity index (χ0v) is 19.3. The number of carbonyl (C=O) groups excluding carboxylic acids is 1. The van der Waals surface area contributed by atoms with E-state index in [0.717, 1.165) is 16.8 Å². The van der Waals surface area contributed by atoms with Gasteiger partial charge in [0.2, 0.25) is 5.91 Å². The maximum absolute atomic E-state index is 13.4. The molecular weight excluding hydrogens is 465 g/mol. The molecule has 3 heterocycles. The number of benzene rings is 2. The second-order valence-electron chi connectivity index (χ2n) is 7.51. The van der Waals surface area contributed by atoms with Crippen molar-refractivity contribution in [2.75, 3.05) is 5.75 Å². The van der Waals surface area contributed by atoms with Gasteiger partial charge in [0.25, 0.3) is 0 Å². The summed E-state index contributed by atoms with van der Waals surface area (Å²) in [5.41, 5.74) is 2.44. The summed E-state index contributed by atoms with van der Waals surface area (Å²) in [6.07, 6.45) is 6.85. The Morgan fingerprint density at radius 1 is 0.971 bits per heavy atom. The molecule has 0 saturated carbocycles. The van der Waals surface area contributed by atoms with Crippen molar-refractivity contribution < 1.29 is 9.18 Å². The highest BCUT2D eigenvalue weighted by molar-refractivity contribution is 7.99. The lowest BCUT2D eigenvalue weighted by Crippen LogP contribution is -2.25. The number of hydrogen-bond acceptors (Lipinski definition) is 6. The molecule has 0 spiro atoms. The van der Waals surface area contributed by atoms with Crippen LogP contribution in [0.5, 0.6) is 0 Å². The number of amides is 1. The lowest BCUT2D eigenvalue weighted by atomic mass is 10.2. The first kappa shape index (κ1) is 22.5. The van der Waals surface area contributed by atoms with E-state index >= 15 is 0 Å². The van der Waals surface area contributed by atoms with Gasteiger partial charge in [0.1, 0.15) is 18.0 Å². The lowest BCUT2D eigenvalue weighted by Gasteiger charge is -2.11. The molecule has 1 N–H and O–H groups in total. The van der Waals surface area contributed by atoms with Crippen LogP contribution in [0, 0.1) is 5.82 Å². The standard InChI is InChI=1S/C25H20FN7OS/c26-20-10-8-18(9-11-20)24-30-31-25(33(24)21-6-2-1-3-7-21)35-16-22(34)29-15-19-5-4-12-28-23(19)32-14-13-27-17-32/h1-14,17H,15-16H2,(H,29,34). The van der Waals surface area contributed by atoms with Crippen molar-refractivity contribution in [2.45, 2.75) is 11.7 Å². The van der Waals surface area contributed by atoms with Gasteiger partial charge in [0.15, 0.2) is 11.0 Å². The third-order valence-electron chi connectivity index (χ3n) is 5.18. The molecule has 0 bridgehead atoms. The van der Waals surface area contributed by atoms with E-state index in [1.807, 2.05) is 47.0 Å². The Morgan fingerprint density at radius 3 is 2.57 bits per heavy atom. The molecule has 0 radical (unpaired) electrons. The molecule has 5 aromatic rings. The van der Waals surface area contributed by atoms with Crippen LogP contribution < -0.4 is 5.32 Å². The fourth-order valence-electron chi connectivity index (χ4n) is 3.52. The Morgan fingerprint density at radius 2 is 1.80 bits per heavy atom. The van der Waals surface area contributed by atoms with Gasteiger partial charge in [-0.05, 0) is 42.5 Å². The van der Waals surface area contributed by atoms with E-state index < -0.39 is 0 Å². The highest BCUT2D eigenvalue weighted by atomic mass is 32.2. The monoisotopic (exact) mass is 485 g/mol. The summed E-state index contributed by atoms with van der Waals surface area (Å²) in [5.74, 6) is 0.955. The van der Waals surface area contributed by atoms with E-state index in [0.29, 0.717) is 23.3 Å². The SMILES string of the molecule is O=C(CSc1nnc(-c2ccc(F)cc2)n1-c1ccccc1)NCc1cccnc1-n1ccnc1. The molecule has 3 aromatic heterocycles. The summed E-state index contributed by atoms with van der Waals surface area (Å²) in [5, 5.41) is 12.1. The minimum atomic E-state index is -0.324. The third kappa shape index (κ3) is 5.12. The molecule has 0 aliphatic heterocycles. The van der Waals surface area contributed by atoms with Gasteiger partial charge in [-0.15, -0.1) is 10.2 Å². The summed E-state index contributed by atoms with van der Waals surface area (Å²) >= 11 is 1.28. The quantitative estimate of drug-likeness (QED) is 0.333. The van der Waals surface area contributed by atoms with Crippen molar-refractivity contribution in [1.29, 1.82) is 0 Å². The van der Waals surface area contributed by atoms with Crippen molar-refractivity contribution in [3.05, 3.63) is 103 Å². The normalized spacial score (nSPS) is 10.9. The second kappa shape index (κ2) is 10.3. The zero-order valence-electron chi connectivity index (χ0n) is 18.5. The molecule has 174 valence electrons. The van der Waals surface area contributed by atoms with Crippen LogP contribution in [0.1, 0.15) is 5.56 Å². The van der Waals surface area contributed by atoms with Crippen LogP contribution in [0.2, 0.25) is 0 Å². The number of imidazole rings is 1. The maximum Gasteiger partial charge on any atom is 0.230 e. The van der Waals surface area contributed by atoms with Crippen molar-refractivity contribution in [2.24, 2.45) is 0 Å². The Hall–Kier alpha value is -4.31. The van der Waals surface area contributed by atoms with Gasteiger partial charge in [-0.25, -0.2) is 14.4 Å². The average Bonchev–Trinajstić information content (AvgIpc) is 3.58. The highest BCUT2D eigenvalue weighted by Gasteiger charge is 2.17. The summed E-state index contributed by atoms with van der Waals surface area (Å²) in [4.78, 5) is 21.1. The molecule has 5 rings (SSSR count). The highest BCUT2D eigenvalue weighted by Crippen LogP contribution is 2.28. The fraction of sp³-hybridized carbons (Fsp3) is 0.0800. The smallest absolute Gasteiger partial charge is 0.230 e. The summed E-state index contributed by atoms with van der Waals surface area (Å²) in [6.45, 7) is 0.326. The number of nitrogens with one attached hydrogen (secondary N) is 1. The van der Waals surface area contributed by atoms with Gasteiger partial charge in [-0.1, -0.05) is 36.0 Å². The summed E-state index contributed by atoms with van der Waals surface area (Å²) in [7, 11) is 0. The van der Waals surface area contributed by atoms with Crippen LogP contribution >= 0.6 is 11.8 Å². The van der Waals surface area contributed by atoms with Gasteiger partial charge in [-0.2, -0.15) is 0 Å². The Kier molecular flexibility index (Phi) is 6.62. The number of aromatic nitrogens is 6. The molecule has 0 fully saturated rings. The first-order valence-electron chi connectivity index (χ1n) is 10.8. The van der Waals surface area contributed by atoms with Gasteiger partial charge in [0, 0.05) is 41.9 Å². The van der Waals surface area contributed by atoms with Crippen LogP contribution in [0.4, 0.5) is 4.39 Å². The van der Waals surface area contributed by atoms with Crippen molar-refractivity contribution in [1.82, 2.24) is 34.6 Å². The van der Waals surface area contributed by atoms with Crippen LogP contribution in [-0.2, 0) is 11.3 Å². The predicted molar refractivity (Wildman–Crippen MR) is 131 cm³/mol. The molecule has 8 nitrogen and oxygen atoms in total. The van der Waals surface area contributed by atoms with Crippen LogP contribution in [0.25, 0.3) is 22.9 Å². The average molecular weight is 486 g/mol. The minimum Gasteiger partial charge on any atom is -0.351 e. The summed E-state index contributed by atoms with van der Waals surface area (Å²) in [6, 6.07) is 19.4. The number of thioether (sulfide) groups is 1. The number of para-hydroxylation sites is 1. The van der Waals surface area contributed by atoms with Gasteiger partial charge < -0.3 is 5.32 Å². The molecule has 35 heavy (non-hydrogen) atoms. The van der Waals surface area contributed by atoms with Gasteiger partial charge in [0.05, 0.1) is 5.75 Å². The molecule has 0 unspecified atom stereocenters. The number of carbonyl (C=O) groups is 1. The van der Waals surface area contributed by atoms with E-state index in [2.05, 4.69) is 25.5 Å². The lowest BCUT2D eigenvalue weighted by molar-refractivity contribution is -0.118. The topological polar surface area (TPSA) is 90.5 Å². The van der Waals surface area contributed by atoms with E-state index in [1.165, 1.54) is 23.9 Å². The number of nitrogens with zero attached hydrogens (tertiary/aromatic N) is 6. The number of pyridine rings is 1. The van der Waals surface area contributed by atoms with E-state index in [-0.39, 0.29) is 17.5 Å². The number of hydrogen-bond donors (Lipinski definition) is 1. The van der Waals surface area contributed by atoms with Gasteiger partial charge >= 0.3 is 0 Å². The minimum absolute atomic E-state index is 0.148. The molecule has 0 aliphatic rings. The van der Waals surface area contributed by atoms with Crippen molar-refractivity contribution in [3.63, 3.8) is 0 Å². The number of rotatable bonds is 8. The van der Waals surface area contributed by atoms with Crippen LogP contribution in [0.3, 0.4) is 0 Å². The first-order valence-corrected chi connectivity index (χ1v) is 11.8. The molecule has 2 aromatic carbocycles. The summed E-state index contributed by atoms with van der Waals surface area (Å²) < 4.78 is 17.1.